The Hall–Kier alpha value is -4.36. The third-order valence-electron chi connectivity index (χ3n) is 8.28. The van der Waals surface area contributed by atoms with E-state index in [1.165, 1.54) is 4.90 Å². The number of amides is 6. The van der Waals surface area contributed by atoms with Crippen molar-refractivity contribution in [3.05, 3.63) is 64.7 Å². The summed E-state index contributed by atoms with van der Waals surface area (Å²) in [6.07, 6.45) is -1.23. The maximum atomic E-state index is 14.3. The number of anilines is 1. The van der Waals surface area contributed by atoms with E-state index in [2.05, 4.69) is 16.0 Å². The van der Waals surface area contributed by atoms with Gasteiger partial charge in [-0.05, 0) is 90.1 Å². The molecule has 13 nitrogen and oxygen atoms in total. The minimum Gasteiger partial charge on any atom is -0.444 e. The van der Waals surface area contributed by atoms with Gasteiger partial charge in [-0.2, -0.15) is 0 Å². The molecule has 51 heavy (non-hydrogen) atoms. The van der Waals surface area contributed by atoms with Gasteiger partial charge < -0.3 is 30.3 Å². The number of urea groups is 1. The van der Waals surface area contributed by atoms with Gasteiger partial charge in [0.1, 0.15) is 18.4 Å². The summed E-state index contributed by atoms with van der Waals surface area (Å²) in [6.45, 7) is 12.4. The van der Waals surface area contributed by atoms with E-state index in [-0.39, 0.29) is 57.4 Å². The topological polar surface area (TPSA) is 170 Å². The van der Waals surface area contributed by atoms with Gasteiger partial charge in [-0.3, -0.25) is 25.0 Å². The molecule has 2 aromatic rings. The van der Waals surface area contributed by atoms with Crippen LogP contribution in [0.1, 0.15) is 78.9 Å². The number of hydrogen-bond donors (Lipinski definition) is 3. The molecule has 1 radical (unpaired) electrons. The van der Waals surface area contributed by atoms with Crippen LogP contribution in [0.2, 0.25) is 5.02 Å². The highest BCUT2D eigenvalue weighted by Crippen LogP contribution is 2.35. The van der Waals surface area contributed by atoms with Crippen LogP contribution in [0.25, 0.3) is 0 Å². The van der Waals surface area contributed by atoms with Gasteiger partial charge in [-0.15, -0.1) is 0 Å². The minimum atomic E-state index is -1.25. The number of piperidine rings is 1. The van der Waals surface area contributed by atoms with Crippen molar-refractivity contribution in [2.75, 3.05) is 31.5 Å². The van der Waals surface area contributed by atoms with Crippen LogP contribution in [-0.4, -0.2) is 83.3 Å². The molecule has 1 saturated heterocycles. The molecule has 1 aliphatic rings. The number of halogens is 1. The Labute approximate surface area is 305 Å². The van der Waals surface area contributed by atoms with E-state index in [9.17, 15) is 24.0 Å². The second kappa shape index (κ2) is 17.7. The van der Waals surface area contributed by atoms with Gasteiger partial charge in [0.2, 0.25) is 17.7 Å². The molecular weight excluding hydrogens is 676 g/mol. The van der Waals surface area contributed by atoms with Gasteiger partial charge in [0, 0.05) is 36.9 Å². The number of nitrogens with one attached hydrogen (secondary N) is 4. The molecule has 279 valence electrons. The normalized spacial score (nSPS) is 14.9. The number of ether oxygens (including phenoxy) is 2. The maximum absolute atomic E-state index is 14.3. The number of hydrogen-bond acceptors (Lipinski definition) is 7. The van der Waals surface area contributed by atoms with Crippen molar-refractivity contribution >= 4 is 47.1 Å². The van der Waals surface area contributed by atoms with Crippen molar-refractivity contribution in [1.29, 1.82) is 0 Å². The van der Waals surface area contributed by atoms with Crippen molar-refractivity contribution in [3.63, 3.8) is 0 Å². The fraction of sp³-hybridized carbons (Fsp3) is 0.541. The fourth-order valence-electron chi connectivity index (χ4n) is 5.65. The molecule has 1 fully saturated rings. The lowest BCUT2D eigenvalue weighted by Crippen LogP contribution is -2.59. The Bertz CT molecular complexity index is 1530. The van der Waals surface area contributed by atoms with Gasteiger partial charge in [-0.1, -0.05) is 48.9 Å². The number of carbonyl (C=O) groups is 5. The molecule has 4 N–H and O–H groups in total. The molecule has 0 aliphatic carbocycles. The summed E-state index contributed by atoms with van der Waals surface area (Å²) in [5, 5.41) is 8.83. The first-order chi connectivity index (χ1) is 23.8. The zero-order chi connectivity index (χ0) is 38.0. The average Bonchev–Trinajstić information content (AvgIpc) is 3.04. The highest BCUT2D eigenvalue weighted by atomic mass is 35.5. The monoisotopic (exact) mass is 727 g/mol. The van der Waals surface area contributed by atoms with Crippen LogP contribution in [0.5, 0.6) is 0 Å². The Balaban J connectivity index is 1.95. The van der Waals surface area contributed by atoms with Crippen LogP contribution in [0.3, 0.4) is 0 Å². The molecular formula is C37H52ClN6O7. The highest BCUT2D eigenvalue weighted by Gasteiger charge is 2.46. The zero-order valence-electron chi connectivity index (χ0n) is 30.7. The Kier molecular flexibility index (Phi) is 14.3. The van der Waals surface area contributed by atoms with Crippen LogP contribution in [0.4, 0.5) is 15.3 Å². The lowest BCUT2D eigenvalue weighted by molar-refractivity contribution is -0.152. The smallest absolute Gasteiger partial charge is 0.408 e. The van der Waals surface area contributed by atoms with E-state index in [4.69, 9.17) is 26.8 Å². The van der Waals surface area contributed by atoms with E-state index in [0.717, 1.165) is 12.0 Å². The third kappa shape index (κ3) is 13.0. The second-order valence-corrected chi connectivity index (χ2v) is 15.1. The van der Waals surface area contributed by atoms with Crippen LogP contribution in [0, 0.1) is 5.41 Å². The molecule has 0 bridgehead atoms. The largest absolute Gasteiger partial charge is 0.444 e. The van der Waals surface area contributed by atoms with Gasteiger partial charge in [0.05, 0.1) is 17.4 Å². The van der Waals surface area contributed by atoms with Crippen LogP contribution in [-0.2, 0) is 36.8 Å². The standard InChI is InChI=1S/C37H52ClN6O7/c1-8-25-13-15-27(16-14-25)42-33(48)44(31(21-29(39)45)50-35(2,3)4)24-37(32(47)40-22-26-11-9-10-12-28(26)38)17-19-43(20-18-37)30(46)23-41-34(49)51-36(5,6)7/h9-16,31,39H,8,17-24H2,1-7H3,(H,40,47)(H,41,49)(H,42,48). The third-order valence-corrected chi connectivity index (χ3v) is 8.65. The lowest BCUT2D eigenvalue weighted by Gasteiger charge is -2.45. The van der Waals surface area contributed by atoms with E-state index in [0.29, 0.717) is 16.3 Å². The van der Waals surface area contributed by atoms with Crippen molar-refractivity contribution in [2.45, 2.75) is 98.1 Å². The number of alkyl carbamates (subject to hydrolysis) is 1. The quantitative estimate of drug-likeness (QED) is 0.228. The van der Waals surface area contributed by atoms with Gasteiger partial charge >= 0.3 is 12.1 Å². The number of benzene rings is 2. The maximum Gasteiger partial charge on any atom is 0.408 e. The fourth-order valence-corrected chi connectivity index (χ4v) is 5.85. The van der Waals surface area contributed by atoms with Crippen molar-refractivity contribution in [3.8, 4) is 0 Å². The molecule has 6 amide bonds. The first-order valence-electron chi connectivity index (χ1n) is 17.2. The molecule has 1 heterocycles. The first kappa shape index (κ1) is 41.1. The van der Waals surface area contributed by atoms with Crippen molar-refractivity contribution < 1.29 is 33.4 Å². The molecule has 14 heteroatoms. The Morgan fingerprint density at radius 1 is 0.941 bits per heavy atom. The number of rotatable bonds is 13. The van der Waals surface area contributed by atoms with Crippen molar-refractivity contribution in [1.82, 2.24) is 26.2 Å². The van der Waals surface area contributed by atoms with Crippen LogP contribution < -0.4 is 21.7 Å². The van der Waals surface area contributed by atoms with Crippen LogP contribution >= 0.6 is 11.6 Å². The van der Waals surface area contributed by atoms with Crippen molar-refractivity contribution in [2.24, 2.45) is 5.41 Å². The van der Waals surface area contributed by atoms with E-state index in [1.807, 2.05) is 25.1 Å². The number of aryl methyl sites for hydroxylation is 1. The van der Waals surface area contributed by atoms with Gasteiger partial charge in [0.25, 0.3) is 0 Å². The van der Waals surface area contributed by atoms with Gasteiger partial charge in [0.15, 0.2) is 0 Å². The van der Waals surface area contributed by atoms with Gasteiger partial charge in [-0.25, -0.2) is 9.59 Å². The summed E-state index contributed by atoms with van der Waals surface area (Å²) >= 11 is 6.38. The predicted molar refractivity (Wildman–Crippen MR) is 195 cm³/mol. The molecule has 0 aromatic heterocycles. The van der Waals surface area contributed by atoms with E-state index < -0.39 is 47.3 Å². The lowest BCUT2D eigenvalue weighted by atomic mass is 9.76. The number of likely N-dealkylation sites (tertiary alicyclic amines) is 1. The SMILES string of the molecule is CCc1ccc(NC(=O)N(CC2(C(=O)NCc3ccccc3Cl)CCN(C(=O)CNC(=O)OC(C)(C)C)CC2)C(CC([NH])=O)OC(C)(C)C)cc1. The summed E-state index contributed by atoms with van der Waals surface area (Å²) in [6, 6.07) is 13.8. The second-order valence-electron chi connectivity index (χ2n) is 14.7. The molecule has 0 saturated carbocycles. The van der Waals surface area contributed by atoms with E-state index >= 15 is 0 Å². The summed E-state index contributed by atoms with van der Waals surface area (Å²) in [7, 11) is 0. The highest BCUT2D eigenvalue weighted by molar-refractivity contribution is 6.31. The summed E-state index contributed by atoms with van der Waals surface area (Å²) in [5.74, 6) is -1.67. The summed E-state index contributed by atoms with van der Waals surface area (Å²) in [4.78, 5) is 68.9. The molecule has 3 rings (SSSR count). The average molecular weight is 728 g/mol. The van der Waals surface area contributed by atoms with Crippen LogP contribution in [0.15, 0.2) is 48.5 Å². The molecule has 1 unspecified atom stereocenters. The molecule has 1 atom stereocenters. The van der Waals surface area contributed by atoms with E-state index in [1.54, 1.807) is 76.8 Å². The predicted octanol–water partition coefficient (Wildman–Crippen LogP) is 5.53. The Morgan fingerprint density at radius 3 is 2.12 bits per heavy atom. The molecule has 0 spiro atoms. The first-order valence-corrected chi connectivity index (χ1v) is 17.5. The number of nitrogens with zero attached hydrogens (tertiary/aromatic N) is 2. The summed E-state index contributed by atoms with van der Waals surface area (Å²) < 4.78 is 11.5. The number of carbonyl (C=O) groups excluding carboxylic acids is 5. The molecule has 2 aromatic carbocycles. The Morgan fingerprint density at radius 2 is 1.57 bits per heavy atom. The minimum absolute atomic E-state index is 0.117. The molecule has 1 aliphatic heterocycles. The zero-order valence-corrected chi connectivity index (χ0v) is 31.4. The summed E-state index contributed by atoms with van der Waals surface area (Å²) in [5.41, 5.74) is 7.27.